The van der Waals surface area contributed by atoms with E-state index in [1.54, 1.807) is 7.11 Å². The number of carbonyl (C=O) groups is 1. The normalized spacial score (nSPS) is 16.7. The summed E-state index contributed by atoms with van der Waals surface area (Å²) in [6, 6.07) is 21.6. The fraction of sp³-hybridized carbons (Fsp3) is 0.250. The van der Waals surface area contributed by atoms with Crippen molar-refractivity contribution in [3.63, 3.8) is 0 Å². The van der Waals surface area contributed by atoms with Crippen LogP contribution >= 0.6 is 11.3 Å². The quantitative estimate of drug-likeness (QED) is 0.369. The molecule has 0 radical (unpaired) electrons. The van der Waals surface area contributed by atoms with Crippen LogP contribution in [0, 0.1) is 0 Å². The van der Waals surface area contributed by atoms with Gasteiger partial charge in [-0.3, -0.25) is 0 Å². The highest BCUT2D eigenvalue weighted by Gasteiger charge is 2.36. The van der Waals surface area contributed by atoms with Gasteiger partial charge in [0.25, 0.3) is 0 Å². The number of hydrogen-bond acceptors (Lipinski definition) is 3. The molecule has 1 N–H and O–H groups in total. The van der Waals surface area contributed by atoms with Crippen molar-refractivity contribution in [2.24, 2.45) is 0 Å². The molecule has 0 bridgehead atoms. The highest BCUT2D eigenvalue weighted by molar-refractivity contribution is 7.15. The first-order chi connectivity index (χ1) is 16.7. The monoisotopic (exact) mass is 469 g/mol. The summed E-state index contributed by atoms with van der Waals surface area (Å²) >= 11 is 1.90. The molecule has 2 aromatic carbocycles. The molecule has 2 amide bonds. The number of carbonyl (C=O) groups excluding carboxylic acids is 1. The van der Waals surface area contributed by atoms with Gasteiger partial charge >= 0.3 is 6.03 Å². The Morgan fingerprint density at radius 1 is 1.00 bits per heavy atom. The van der Waals surface area contributed by atoms with Gasteiger partial charge in [0.05, 0.1) is 25.4 Å². The molecule has 3 heterocycles. The number of benzene rings is 2. The summed E-state index contributed by atoms with van der Waals surface area (Å²) < 4.78 is 7.84. The number of amides is 2. The Labute approximate surface area is 203 Å². The fourth-order valence-corrected chi connectivity index (χ4v) is 6.67. The summed E-state index contributed by atoms with van der Waals surface area (Å²) in [4.78, 5) is 17.3. The lowest BCUT2D eigenvalue weighted by molar-refractivity contribution is 0.194. The second-order valence-corrected chi connectivity index (χ2v) is 9.98. The summed E-state index contributed by atoms with van der Waals surface area (Å²) in [5, 5.41) is 4.40. The van der Waals surface area contributed by atoms with Gasteiger partial charge in [-0.15, -0.1) is 11.3 Å². The van der Waals surface area contributed by atoms with Crippen LogP contribution in [0.3, 0.4) is 0 Å². The van der Waals surface area contributed by atoms with E-state index in [0.29, 0.717) is 6.54 Å². The van der Waals surface area contributed by atoms with Crippen LogP contribution in [0.25, 0.3) is 5.00 Å². The number of methoxy groups -OCH3 is 1. The third-order valence-electron chi connectivity index (χ3n) is 6.87. The van der Waals surface area contributed by atoms with Gasteiger partial charge in [0.2, 0.25) is 0 Å². The molecule has 1 atom stereocenters. The summed E-state index contributed by atoms with van der Waals surface area (Å²) in [5.74, 6) is 0.787. The Balaban J connectivity index is 1.51. The zero-order valence-electron chi connectivity index (χ0n) is 19.2. The largest absolute Gasteiger partial charge is 0.497 e. The van der Waals surface area contributed by atoms with Crippen molar-refractivity contribution in [1.29, 1.82) is 0 Å². The lowest BCUT2D eigenvalue weighted by atomic mass is 9.95. The van der Waals surface area contributed by atoms with Crippen LogP contribution in [0.2, 0.25) is 0 Å². The second kappa shape index (κ2) is 8.69. The van der Waals surface area contributed by atoms with Crippen LogP contribution in [-0.4, -0.2) is 22.6 Å². The van der Waals surface area contributed by atoms with Crippen LogP contribution in [0.5, 0.6) is 5.75 Å². The highest BCUT2D eigenvalue weighted by Crippen LogP contribution is 2.44. The summed E-state index contributed by atoms with van der Waals surface area (Å²) in [7, 11) is 1.68. The van der Waals surface area contributed by atoms with Crippen molar-refractivity contribution < 1.29 is 9.53 Å². The lowest BCUT2D eigenvalue weighted by Gasteiger charge is -2.31. The molecule has 34 heavy (non-hydrogen) atoms. The van der Waals surface area contributed by atoms with E-state index in [1.807, 2.05) is 64.8 Å². The smallest absolute Gasteiger partial charge is 0.322 e. The summed E-state index contributed by atoms with van der Waals surface area (Å²) in [6.07, 6.45) is 6.83. The molecule has 2 aromatic heterocycles. The number of aryl methyl sites for hydroxylation is 1. The number of aromatic nitrogens is 1. The van der Waals surface area contributed by atoms with E-state index < -0.39 is 0 Å². The highest BCUT2D eigenvalue weighted by atomic mass is 32.1. The minimum absolute atomic E-state index is 0.102. The predicted molar refractivity (Wildman–Crippen MR) is 136 cm³/mol. The number of ether oxygens (including phenoxy) is 1. The van der Waals surface area contributed by atoms with E-state index in [0.717, 1.165) is 35.5 Å². The van der Waals surface area contributed by atoms with Gasteiger partial charge in [0.15, 0.2) is 0 Å². The number of para-hydroxylation sites is 1. The van der Waals surface area contributed by atoms with E-state index in [1.165, 1.54) is 33.8 Å². The first kappa shape index (κ1) is 21.1. The first-order valence-electron chi connectivity index (χ1n) is 11.8. The van der Waals surface area contributed by atoms with Crippen LogP contribution in [0.15, 0.2) is 72.9 Å². The minimum atomic E-state index is -0.243. The van der Waals surface area contributed by atoms with Crippen LogP contribution < -0.4 is 10.1 Å². The molecule has 0 saturated carbocycles. The van der Waals surface area contributed by atoms with Crippen LogP contribution in [0.1, 0.15) is 46.1 Å². The molecular formula is C28H27N3O2S. The molecule has 1 aliphatic heterocycles. The maximum absolute atomic E-state index is 13.9. The summed E-state index contributed by atoms with van der Waals surface area (Å²) in [6.45, 7) is 0.573. The zero-order chi connectivity index (χ0) is 23.1. The van der Waals surface area contributed by atoms with Gasteiger partial charge < -0.3 is 19.5 Å². The number of nitrogens with zero attached hydrogens (tertiary/aromatic N) is 2. The minimum Gasteiger partial charge on any atom is -0.497 e. The first-order valence-corrected chi connectivity index (χ1v) is 12.6. The van der Waals surface area contributed by atoms with Crippen molar-refractivity contribution in [2.75, 3.05) is 12.4 Å². The number of thiophene rings is 1. The average molecular weight is 470 g/mol. The Kier molecular flexibility index (Phi) is 5.38. The number of urea groups is 1. The van der Waals surface area contributed by atoms with E-state index in [2.05, 4.69) is 34.3 Å². The number of hydrogen-bond donors (Lipinski definition) is 1. The fourth-order valence-electron chi connectivity index (χ4n) is 5.27. The van der Waals surface area contributed by atoms with E-state index in [-0.39, 0.29) is 12.1 Å². The van der Waals surface area contributed by atoms with Crippen LogP contribution in [-0.2, 0) is 19.4 Å². The lowest BCUT2D eigenvalue weighted by Crippen LogP contribution is -2.38. The summed E-state index contributed by atoms with van der Waals surface area (Å²) in [5.41, 5.74) is 5.67. The number of nitrogens with one attached hydrogen (secondary N) is 1. The molecule has 172 valence electrons. The van der Waals surface area contributed by atoms with Crippen molar-refractivity contribution in [3.05, 3.63) is 100 Å². The maximum atomic E-state index is 13.9. The van der Waals surface area contributed by atoms with Gasteiger partial charge in [-0.05, 0) is 73.2 Å². The standard InChI is InChI=1S/C28H27N3O2S/c1-33-21-12-7-9-19(17-21)26-24-14-8-16-30(24)27-23(22-13-5-6-15-25(22)34-27)18-31(26)28(32)29-20-10-3-2-4-11-20/h2-4,7-12,14,16-17,26H,5-6,13,15,18H2,1H3,(H,29,32)/t26-/m1/s1. The van der Waals surface area contributed by atoms with E-state index in [9.17, 15) is 4.79 Å². The molecule has 0 unspecified atom stereocenters. The molecule has 0 fully saturated rings. The molecule has 0 saturated heterocycles. The second-order valence-electron chi connectivity index (χ2n) is 8.90. The topological polar surface area (TPSA) is 46.5 Å². The maximum Gasteiger partial charge on any atom is 0.322 e. The third-order valence-corrected chi connectivity index (χ3v) is 8.21. The number of anilines is 1. The van der Waals surface area contributed by atoms with Gasteiger partial charge in [0, 0.05) is 22.3 Å². The Morgan fingerprint density at radius 3 is 2.71 bits per heavy atom. The molecule has 0 spiro atoms. The molecule has 6 rings (SSSR count). The zero-order valence-corrected chi connectivity index (χ0v) is 20.0. The van der Waals surface area contributed by atoms with E-state index in [4.69, 9.17) is 4.74 Å². The van der Waals surface area contributed by atoms with Gasteiger partial charge in [-0.1, -0.05) is 30.3 Å². The van der Waals surface area contributed by atoms with Gasteiger partial charge in [-0.25, -0.2) is 4.79 Å². The molecule has 2 aliphatic rings. The van der Waals surface area contributed by atoms with Crippen LogP contribution in [0.4, 0.5) is 10.5 Å². The third kappa shape index (κ3) is 3.59. The molecule has 4 aromatic rings. The average Bonchev–Trinajstić information content (AvgIpc) is 3.46. The Morgan fingerprint density at radius 2 is 1.85 bits per heavy atom. The molecule has 1 aliphatic carbocycles. The van der Waals surface area contributed by atoms with Gasteiger partial charge in [-0.2, -0.15) is 0 Å². The van der Waals surface area contributed by atoms with E-state index >= 15 is 0 Å². The van der Waals surface area contributed by atoms with Gasteiger partial charge in [0.1, 0.15) is 10.8 Å². The number of rotatable bonds is 3. The van der Waals surface area contributed by atoms with Crippen molar-refractivity contribution >= 4 is 23.1 Å². The molecular weight excluding hydrogens is 442 g/mol. The van der Waals surface area contributed by atoms with Crippen molar-refractivity contribution in [2.45, 2.75) is 38.3 Å². The molecule has 6 heteroatoms. The SMILES string of the molecule is COc1cccc([C@@H]2c3cccn3-c3sc4c(c3CN2C(=O)Nc2ccccc2)CCCC4)c1. The van der Waals surface area contributed by atoms with Crippen molar-refractivity contribution in [1.82, 2.24) is 9.47 Å². The number of fused-ring (bicyclic) bond motifs is 5. The Hall–Kier alpha value is -3.51. The van der Waals surface area contributed by atoms with Crippen molar-refractivity contribution in [3.8, 4) is 10.8 Å². The predicted octanol–water partition coefficient (Wildman–Crippen LogP) is 6.56. The Bertz CT molecular complexity index is 1340. The molecule has 5 nitrogen and oxygen atoms in total.